The van der Waals surface area contributed by atoms with Gasteiger partial charge in [0.05, 0.1) is 11.9 Å². The van der Waals surface area contributed by atoms with Crippen LogP contribution < -0.4 is 11.5 Å². The molecule has 0 spiro atoms. The van der Waals surface area contributed by atoms with Crippen LogP contribution in [0.2, 0.25) is 5.02 Å². The highest BCUT2D eigenvalue weighted by Gasteiger charge is 2.03. The smallest absolute Gasteiger partial charge is 0.413 e. The highest BCUT2D eigenvalue weighted by Crippen LogP contribution is 2.12. The number of rotatable bonds is 1. The Labute approximate surface area is 98.3 Å². The van der Waals surface area contributed by atoms with E-state index in [0.717, 1.165) is 5.69 Å². The number of aromatic nitrogens is 1. The zero-order chi connectivity index (χ0) is 12.1. The van der Waals surface area contributed by atoms with E-state index >= 15 is 0 Å². The number of nitrogens with two attached hydrogens (primary N) is 1. The molecule has 0 atom stereocenters. The summed E-state index contributed by atoms with van der Waals surface area (Å²) < 4.78 is 6.31. The van der Waals surface area contributed by atoms with Crippen molar-refractivity contribution in [3.63, 3.8) is 0 Å². The second-order valence-electron chi connectivity index (χ2n) is 2.95. The van der Waals surface area contributed by atoms with Crippen molar-refractivity contribution in [2.24, 2.45) is 5.73 Å². The summed E-state index contributed by atoms with van der Waals surface area (Å²) in [4.78, 5) is 11.3. The van der Waals surface area contributed by atoms with E-state index in [2.05, 4.69) is 5.73 Å². The topological polar surface area (TPSA) is 61.2 Å². The first kappa shape index (κ1) is 12.5. The number of oxazole rings is 1. The Bertz CT molecular complexity index is 499. The summed E-state index contributed by atoms with van der Waals surface area (Å²) in [6, 6.07) is 6.98. The zero-order valence-electron chi connectivity index (χ0n) is 9.11. The molecule has 0 aliphatic rings. The number of benzene rings is 1. The van der Waals surface area contributed by atoms with Crippen molar-refractivity contribution < 1.29 is 4.42 Å². The van der Waals surface area contributed by atoms with Crippen molar-refractivity contribution in [3.8, 4) is 5.69 Å². The first-order valence-corrected chi connectivity index (χ1v) is 5.07. The molecule has 2 N–H and O–H groups in total. The minimum Gasteiger partial charge on any atom is -0.413 e. The van der Waals surface area contributed by atoms with Gasteiger partial charge in [-0.3, -0.25) is 0 Å². The molecule has 0 bridgehead atoms. The van der Waals surface area contributed by atoms with Gasteiger partial charge in [-0.15, -0.1) is 0 Å². The molecule has 0 saturated carbocycles. The van der Waals surface area contributed by atoms with Gasteiger partial charge in [0.15, 0.2) is 0 Å². The first-order valence-electron chi connectivity index (χ1n) is 4.69. The normalized spacial score (nSPS) is 9.50. The minimum absolute atomic E-state index is 0.384. The van der Waals surface area contributed by atoms with Crippen LogP contribution in [0.4, 0.5) is 0 Å². The van der Waals surface area contributed by atoms with Gasteiger partial charge in [0.25, 0.3) is 0 Å². The van der Waals surface area contributed by atoms with Gasteiger partial charge in [-0.2, -0.15) is 0 Å². The fourth-order valence-corrected chi connectivity index (χ4v) is 1.36. The lowest BCUT2D eigenvalue weighted by atomic mass is 10.3. The van der Waals surface area contributed by atoms with Gasteiger partial charge in [-0.05, 0) is 38.2 Å². The van der Waals surface area contributed by atoms with Crippen LogP contribution in [0.5, 0.6) is 0 Å². The van der Waals surface area contributed by atoms with Gasteiger partial charge in [0.2, 0.25) is 0 Å². The summed E-state index contributed by atoms with van der Waals surface area (Å²) in [6.45, 7) is 1.73. The Morgan fingerprint density at radius 2 is 1.81 bits per heavy atom. The van der Waals surface area contributed by atoms with E-state index in [9.17, 15) is 4.79 Å². The van der Waals surface area contributed by atoms with Crippen LogP contribution in [0.3, 0.4) is 0 Å². The fraction of sp³-hybridized carbons (Fsp3) is 0.182. The Morgan fingerprint density at radius 3 is 2.25 bits per heavy atom. The van der Waals surface area contributed by atoms with Crippen LogP contribution in [0.15, 0.2) is 39.7 Å². The Balaban J connectivity index is 0.000000606. The Kier molecular flexibility index (Phi) is 4.34. The molecule has 0 amide bonds. The van der Waals surface area contributed by atoms with Gasteiger partial charge in [0.1, 0.15) is 5.76 Å². The third kappa shape index (κ3) is 2.74. The number of hydrogen-bond donors (Lipinski definition) is 1. The second kappa shape index (κ2) is 5.53. The van der Waals surface area contributed by atoms with Crippen molar-refractivity contribution in [1.82, 2.24) is 4.57 Å². The summed E-state index contributed by atoms with van der Waals surface area (Å²) in [5.74, 6) is 0.203. The minimum atomic E-state index is -0.384. The fourth-order valence-electron chi connectivity index (χ4n) is 1.23. The maximum atomic E-state index is 11.3. The molecule has 0 aliphatic heterocycles. The second-order valence-corrected chi connectivity index (χ2v) is 3.39. The van der Waals surface area contributed by atoms with Gasteiger partial charge < -0.3 is 10.2 Å². The molecule has 1 heterocycles. The molecule has 0 aliphatic carbocycles. The van der Waals surface area contributed by atoms with E-state index in [1.807, 2.05) is 0 Å². The van der Waals surface area contributed by atoms with Crippen LogP contribution >= 0.6 is 11.6 Å². The van der Waals surface area contributed by atoms with E-state index in [4.69, 9.17) is 16.0 Å². The molecule has 0 unspecified atom stereocenters. The van der Waals surface area contributed by atoms with Crippen molar-refractivity contribution >= 4 is 11.6 Å². The third-order valence-electron chi connectivity index (χ3n) is 1.86. The van der Waals surface area contributed by atoms with Crippen molar-refractivity contribution in [2.45, 2.75) is 6.92 Å². The zero-order valence-corrected chi connectivity index (χ0v) is 9.86. The van der Waals surface area contributed by atoms with Crippen LogP contribution in [0.1, 0.15) is 5.76 Å². The SMILES string of the molecule is CN.Cc1cn(-c2ccc(Cl)cc2)c(=O)o1. The summed E-state index contributed by atoms with van der Waals surface area (Å²) in [7, 11) is 1.50. The molecule has 0 radical (unpaired) electrons. The van der Waals surface area contributed by atoms with Crippen LogP contribution in [-0.4, -0.2) is 11.6 Å². The summed E-state index contributed by atoms with van der Waals surface area (Å²) >= 11 is 5.73. The molecule has 4 nitrogen and oxygen atoms in total. The van der Waals surface area contributed by atoms with Crippen molar-refractivity contribution in [3.05, 3.63) is 51.8 Å². The molecule has 2 aromatic rings. The molecule has 2 rings (SSSR count). The van der Waals surface area contributed by atoms with Gasteiger partial charge in [-0.1, -0.05) is 11.6 Å². The maximum Gasteiger partial charge on any atom is 0.423 e. The Morgan fingerprint density at radius 1 is 1.25 bits per heavy atom. The number of aryl methyl sites for hydroxylation is 1. The highest BCUT2D eigenvalue weighted by atomic mass is 35.5. The van der Waals surface area contributed by atoms with E-state index in [0.29, 0.717) is 10.8 Å². The molecule has 0 fully saturated rings. The molecule has 86 valence electrons. The third-order valence-corrected chi connectivity index (χ3v) is 2.11. The van der Waals surface area contributed by atoms with Gasteiger partial charge in [0, 0.05) is 5.02 Å². The summed E-state index contributed by atoms with van der Waals surface area (Å²) in [5, 5.41) is 0.641. The highest BCUT2D eigenvalue weighted by molar-refractivity contribution is 6.30. The van der Waals surface area contributed by atoms with E-state index in [1.165, 1.54) is 11.6 Å². The summed E-state index contributed by atoms with van der Waals surface area (Å²) in [6.07, 6.45) is 1.64. The molecular weight excluding hydrogens is 228 g/mol. The van der Waals surface area contributed by atoms with Crippen molar-refractivity contribution in [1.29, 1.82) is 0 Å². The quantitative estimate of drug-likeness (QED) is 0.829. The largest absolute Gasteiger partial charge is 0.423 e. The first-order chi connectivity index (χ1) is 7.66. The van der Waals surface area contributed by atoms with Gasteiger partial charge >= 0.3 is 5.76 Å². The predicted molar refractivity (Wildman–Crippen MR) is 64.2 cm³/mol. The monoisotopic (exact) mass is 240 g/mol. The standard InChI is InChI=1S/C10H8ClNO2.CH5N/c1-7-6-12(10(13)14-7)9-4-2-8(11)3-5-9;1-2/h2-6H,1H3;2H2,1H3. The predicted octanol–water partition coefficient (Wildman–Crippen LogP) is 1.97. The van der Waals surface area contributed by atoms with Gasteiger partial charge in [-0.25, -0.2) is 9.36 Å². The average molecular weight is 241 g/mol. The molecule has 5 heteroatoms. The van der Waals surface area contributed by atoms with Crippen LogP contribution in [0.25, 0.3) is 5.69 Å². The lowest BCUT2D eigenvalue weighted by molar-refractivity contribution is 0.479. The van der Waals surface area contributed by atoms with E-state index in [-0.39, 0.29) is 5.76 Å². The lowest BCUT2D eigenvalue weighted by Gasteiger charge is -1.98. The summed E-state index contributed by atoms with van der Waals surface area (Å²) in [5.41, 5.74) is 5.25. The van der Waals surface area contributed by atoms with Crippen molar-refractivity contribution in [2.75, 3.05) is 7.05 Å². The average Bonchev–Trinajstić information content (AvgIpc) is 2.62. The number of hydrogen-bond acceptors (Lipinski definition) is 3. The Hall–Kier alpha value is -1.52. The number of halogens is 1. The molecule has 16 heavy (non-hydrogen) atoms. The molecular formula is C11H13ClN2O2. The molecule has 0 saturated heterocycles. The van der Waals surface area contributed by atoms with E-state index < -0.39 is 0 Å². The number of nitrogens with zero attached hydrogens (tertiary/aromatic N) is 1. The maximum absolute atomic E-state index is 11.3. The van der Waals surface area contributed by atoms with E-state index in [1.54, 1.807) is 37.4 Å². The van der Waals surface area contributed by atoms with Crippen LogP contribution in [0, 0.1) is 6.92 Å². The van der Waals surface area contributed by atoms with Crippen LogP contribution in [-0.2, 0) is 0 Å². The lowest BCUT2D eigenvalue weighted by Crippen LogP contribution is -2.10. The molecule has 1 aromatic carbocycles. The molecule has 1 aromatic heterocycles.